The largest absolute Gasteiger partial charge is 0.391 e. The zero-order valence-electron chi connectivity index (χ0n) is 18.9. The normalized spacial score (nSPS) is 28.6. The van der Waals surface area contributed by atoms with Crippen LogP contribution in [0.4, 0.5) is 0 Å². The number of aliphatic hydroxyl groups excluding tert-OH is 3. The van der Waals surface area contributed by atoms with E-state index >= 15 is 0 Å². The van der Waals surface area contributed by atoms with E-state index in [2.05, 4.69) is 20.8 Å². The van der Waals surface area contributed by atoms with Crippen LogP contribution in [0.5, 0.6) is 0 Å². The molecule has 0 radical (unpaired) electrons. The molecule has 0 amide bonds. The highest BCUT2D eigenvalue weighted by molar-refractivity contribution is 4.88. The molecule has 0 aromatic carbocycles. The maximum Gasteiger partial charge on any atom is 0.198 e. The third-order valence-electron chi connectivity index (χ3n) is 4.87. The van der Waals surface area contributed by atoms with Crippen molar-refractivity contribution < 1.29 is 34.3 Å². The van der Waals surface area contributed by atoms with Crippen LogP contribution in [0.3, 0.4) is 0 Å². The van der Waals surface area contributed by atoms with Crippen molar-refractivity contribution in [1.82, 2.24) is 0 Å². The molecule has 29 heavy (non-hydrogen) atoms. The molecule has 8 atom stereocenters. The number of nitrogens with two attached hydrogens (primary N) is 2. The van der Waals surface area contributed by atoms with E-state index in [1.54, 1.807) is 20.8 Å². The van der Waals surface area contributed by atoms with Crippen molar-refractivity contribution in [3.05, 3.63) is 0 Å². The summed E-state index contributed by atoms with van der Waals surface area (Å²) in [4.78, 5) is 0. The Kier molecular flexibility index (Phi) is 9.92. The van der Waals surface area contributed by atoms with Crippen LogP contribution in [-0.2, 0) is 18.9 Å². The Morgan fingerprint density at radius 2 is 1.59 bits per heavy atom. The van der Waals surface area contributed by atoms with Gasteiger partial charge in [0.2, 0.25) is 0 Å². The topological polar surface area (TPSA) is 150 Å². The highest BCUT2D eigenvalue weighted by Crippen LogP contribution is 2.42. The lowest BCUT2D eigenvalue weighted by Gasteiger charge is -2.34. The van der Waals surface area contributed by atoms with Gasteiger partial charge in [-0.05, 0) is 51.9 Å². The third-order valence-corrected chi connectivity index (χ3v) is 4.87. The van der Waals surface area contributed by atoms with Crippen molar-refractivity contribution in [1.29, 1.82) is 0 Å². The zero-order valence-corrected chi connectivity index (χ0v) is 18.9. The summed E-state index contributed by atoms with van der Waals surface area (Å²) in [5, 5.41) is 29.7. The minimum Gasteiger partial charge on any atom is -0.391 e. The molecule has 1 aliphatic rings. The van der Waals surface area contributed by atoms with E-state index < -0.39 is 42.8 Å². The van der Waals surface area contributed by atoms with E-state index in [-0.39, 0.29) is 18.1 Å². The summed E-state index contributed by atoms with van der Waals surface area (Å²) in [6, 6.07) is 0. The molecule has 1 fully saturated rings. The van der Waals surface area contributed by atoms with Gasteiger partial charge in [-0.25, -0.2) is 0 Å². The van der Waals surface area contributed by atoms with E-state index in [1.165, 1.54) is 6.92 Å². The molecule has 1 aliphatic carbocycles. The second-order valence-electron chi connectivity index (χ2n) is 9.92. The van der Waals surface area contributed by atoms with Crippen LogP contribution in [0.25, 0.3) is 0 Å². The molecule has 0 spiro atoms. The van der Waals surface area contributed by atoms with Crippen LogP contribution < -0.4 is 11.5 Å². The molecule has 8 unspecified atom stereocenters. The molecule has 0 aliphatic heterocycles. The Balaban J connectivity index is 2.73. The number of ether oxygens (including phenoxy) is 4. The molecule has 1 rings (SSSR count). The second-order valence-corrected chi connectivity index (χ2v) is 9.92. The van der Waals surface area contributed by atoms with Gasteiger partial charge in [0.05, 0.1) is 24.4 Å². The van der Waals surface area contributed by atoms with Gasteiger partial charge < -0.3 is 45.7 Å². The Morgan fingerprint density at radius 3 is 1.97 bits per heavy atom. The van der Waals surface area contributed by atoms with Crippen molar-refractivity contribution in [2.75, 3.05) is 6.61 Å². The van der Waals surface area contributed by atoms with Crippen molar-refractivity contribution in [2.45, 2.75) is 110 Å². The van der Waals surface area contributed by atoms with Gasteiger partial charge in [-0.2, -0.15) is 0 Å². The van der Waals surface area contributed by atoms with Gasteiger partial charge in [0, 0.05) is 0 Å². The Labute approximate surface area is 174 Å². The SMILES string of the molecule is CC(O)C(COC(OC1CC(C)(C)CC1C)C(N)O)OC(OC(C)(C)C)C(N)O. The van der Waals surface area contributed by atoms with Crippen LogP contribution in [0.1, 0.15) is 61.3 Å². The van der Waals surface area contributed by atoms with E-state index in [1.807, 2.05) is 0 Å². The van der Waals surface area contributed by atoms with E-state index in [0.29, 0.717) is 5.92 Å². The van der Waals surface area contributed by atoms with Crippen LogP contribution in [0.2, 0.25) is 0 Å². The molecule has 7 N–H and O–H groups in total. The molecule has 0 heterocycles. The molecular weight excluding hydrogens is 380 g/mol. The van der Waals surface area contributed by atoms with Gasteiger partial charge >= 0.3 is 0 Å². The highest BCUT2D eigenvalue weighted by atomic mass is 16.7. The van der Waals surface area contributed by atoms with Crippen LogP contribution in [-0.4, -0.2) is 70.9 Å². The van der Waals surface area contributed by atoms with Gasteiger partial charge in [-0.1, -0.05) is 20.8 Å². The minimum atomic E-state index is -1.41. The van der Waals surface area contributed by atoms with E-state index in [4.69, 9.17) is 30.4 Å². The van der Waals surface area contributed by atoms with Gasteiger partial charge in [-0.15, -0.1) is 0 Å². The second kappa shape index (κ2) is 10.8. The maximum absolute atomic E-state index is 10.1. The fraction of sp³-hybridized carbons (Fsp3) is 1.00. The molecule has 0 aromatic heterocycles. The Morgan fingerprint density at radius 1 is 1.03 bits per heavy atom. The number of rotatable bonds is 11. The van der Waals surface area contributed by atoms with Crippen molar-refractivity contribution in [2.24, 2.45) is 22.8 Å². The predicted molar refractivity (Wildman–Crippen MR) is 108 cm³/mol. The molecule has 1 saturated carbocycles. The van der Waals surface area contributed by atoms with Crippen LogP contribution in [0, 0.1) is 11.3 Å². The van der Waals surface area contributed by atoms with Gasteiger partial charge in [0.1, 0.15) is 6.10 Å². The Bertz CT molecular complexity index is 480. The fourth-order valence-corrected chi connectivity index (χ4v) is 3.59. The first-order valence-electron chi connectivity index (χ1n) is 10.3. The fourth-order valence-electron chi connectivity index (χ4n) is 3.59. The zero-order chi connectivity index (χ0) is 22.6. The molecule has 174 valence electrons. The minimum absolute atomic E-state index is 0.0954. The average molecular weight is 423 g/mol. The molecule has 0 bridgehead atoms. The summed E-state index contributed by atoms with van der Waals surface area (Å²) in [5.74, 6) is 0.301. The van der Waals surface area contributed by atoms with Gasteiger partial charge in [0.15, 0.2) is 25.0 Å². The summed E-state index contributed by atoms with van der Waals surface area (Å²) in [6.45, 7) is 13.2. The van der Waals surface area contributed by atoms with Crippen LogP contribution in [0.15, 0.2) is 0 Å². The maximum atomic E-state index is 10.1. The van der Waals surface area contributed by atoms with E-state index in [9.17, 15) is 15.3 Å². The number of hydrogen-bond donors (Lipinski definition) is 5. The first kappa shape index (κ1) is 26.7. The lowest BCUT2D eigenvalue weighted by atomic mass is 9.91. The summed E-state index contributed by atoms with van der Waals surface area (Å²) in [7, 11) is 0. The summed E-state index contributed by atoms with van der Waals surface area (Å²) in [5.41, 5.74) is 10.7. The van der Waals surface area contributed by atoms with E-state index in [0.717, 1.165) is 12.8 Å². The summed E-state index contributed by atoms with van der Waals surface area (Å²) >= 11 is 0. The van der Waals surface area contributed by atoms with Gasteiger partial charge in [0.25, 0.3) is 0 Å². The summed E-state index contributed by atoms with van der Waals surface area (Å²) < 4.78 is 22.9. The molecule has 0 aromatic rings. The first-order chi connectivity index (χ1) is 13.1. The smallest absolute Gasteiger partial charge is 0.198 e. The van der Waals surface area contributed by atoms with Gasteiger partial charge in [-0.3, -0.25) is 0 Å². The quantitative estimate of drug-likeness (QED) is 0.302. The molecule has 0 saturated heterocycles. The highest BCUT2D eigenvalue weighted by Gasteiger charge is 2.40. The van der Waals surface area contributed by atoms with Crippen molar-refractivity contribution in [3.63, 3.8) is 0 Å². The summed E-state index contributed by atoms with van der Waals surface area (Å²) in [6.07, 6.45) is -5.12. The number of hydrogen-bond acceptors (Lipinski definition) is 9. The standard InChI is InChI=1S/C20H42N2O7/c1-11-8-20(6,7)9-13(11)27-17(15(21)24)26-10-14(12(2)23)28-18(16(22)25)29-19(3,4)5/h11-18,23-25H,8-10,21-22H2,1-7H3. The molecular formula is C20H42N2O7. The molecule has 9 heteroatoms. The number of aliphatic hydroxyl groups is 3. The lowest BCUT2D eigenvalue weighted by molar-refractivity contribution is -0.283. The van der Waals surface area contributed by atoms with Crippen molar-refractivity contribution >= 4 is 0 Å². The monoisotopic (exact) mass is 422 g/mol. The Hall–Kier alpha value is -0.360. The average Bonchev–Trinajstić information content (AvgIpc) is 2.78. The predicted octanol–water partition coefficient (Wildman–Crippen LogP) is 0.632. The van der Waals surface area contributed by atoms with Crippen LogP contribution >= 0.6 is 0 Å². The lowest BCUT2D eigenvalue weighted by Crippen LogP contribution is -2.49. The van der Waals surface area contributed by atoms with Crippen molar-refractivity contribution in [3.8, 4) is 0 Å². The first-order valence-corrected chi connectivity index (χ1v) is 10.3. The third kappa shape index (κ3) is 9.54. The molecule has 9 nitrogen and oxygen atoms in total.